The highest BCUT2D eigenvalue weighted by molar-refractivity contribution is 6.30. The highest BCUT2D eigenvalue weighted by Crippen LogP contribution is 2.21. The zero-order chi connectivity index (χ0) is 19.4. The van der Waals surface area contributed by atoms with Crippen molar-refractivity contribution in [3.63, 3.8) is 0 Å². The van der Waals surface area contributed by atoms with Gasteiger partial charge in [-0.3, -0.25) is 9.59 Å². The van der Waals surface area contributed by atoms with E-state index in [1.165, 1.54) is 0 Å². The summed E-state index contributed by atoms with van der Waals surface area (Å²) >= 11 is 5.86. The van der Waals surface area contributed by atoms with E-state index >= 15 is 0 Å². The number of benzene rings is 2. The van der Waals surface area contributed by atoms with Gasteiger partial charge >= 0.3 is 0 Å². The van der Waals surface area contributed by atoms with Gasteiger partial charge in [0.2, 0.25) is 0 Å². The van der Waals surface area contributed by atoms with Gasteiger partial charge in [0.15, 0.2) is 5.60 Å². The lowest BCUT2D eigenvalue weighted by atomic mass is 10.1. The van der Waals surface area contributed by atoms with Crippen molar-refractivity contribution in [3.8, 4) is 5.75 Å². The summed E-state index contributed by atoms with van der Waals surface area (Å²) in [6.07, 6.45) is 2.12. The minimum absolute atomic E-state index is 0.0504. The van der Waals surface area contributed by atoms with Crippen LogP contribution in [0.1, 0.15) is 42.6 Å². The summed E-state index contributed by atoms with van der Waals surface area (Å²) in [5.74, 6) is 0.296. The summed E-state index contributed by atoms with van der Waals surface area (Å²) in [5, 5.41) is 6.43. The Bertz CT molecular complexity index is 812. The van der Waals surface area contributed by atoms with Crippen LogP contribution in [0.2, 0.25) is 5.02 Å². The molecule has 0 saturated heterocycles. The normalized spacial score (nSPS) is 13.7. The molecule has 2 aromatic rings. The predicted octanol–water partition coefficient (Wildman–Crippen LogP) is 3.71. The van der Waals surface area contributed by atoms with Gasteiger partial charge in [0.25, 0.3) is 11.8 Å². The third kappa shape index (κ3) is 5.47. The van der Waals surface area contributed by atoms with Gasteiger partial charge in [-0.2, -0.15) is 0 Å². The van der Waals surface area contributed by atoms with Gasteiger partial charge in [-0.1, -0.05) is 23.7 Å². The quantitative estimate of drug-likeness (QED) is 0.762. The van der Waals surface area contributed by atoms with Crippen LogP contribution in [0.5, 0.6) is 5.75 Å². The minimum Gasteiger partial charge on any atom is -0.478 e. The SMILES string of the molecule is CC(C)(Oc1ccc(Cl)cc1)C(=O)NCc1ccc(C(=O)NC2CC2)cc1. The lowest BCUT2D eigenvalue weighted by molar-refractivity contribution is -0.134. The largest absolute Gasteiger partial charge is 0.478 e. The molecule has 142 valence electrons. The molecule has 0 bridgehead atoms. The van der Waals surface area contributed by atoms with Crippen LogP contribution in [0.25, 0.3) is 0 Å². The first-order valence-electron chi connectivity index (χ1n) is 8.96. The fourth-order valence-corrected chi connectivity index (χ4v) is 2.64. The van der Waals surface area contributed by atoms with Crippen molar-refractivity contribution < 1.29 is 14.3 Å². The first kappa shape index (κ1) is 19.2. The van der Waals surface area contributed by atoms with Crippen LogP contribution in [-0.4, -0.2) is 23.5 Å². The molecule has 0 atom stereocenters. The Morgan fingerprint density at radius 2 is 1.70 bits per heavy atom. The van der Waals surface area contributed by atoms with Gasteiger partial charge in [-0.25, -0.2) is 0 Å². The number of hydrogen-bond acceptors (Lipinski definition) is 3. The third-order valence-electron chi connectivity index (χ3n) is 4.32. The molecular formula is C21H23ClN2O3. The monoisotopic (exact) mass is 386 g/mol. The van der Waals surface area contributed by atoms with E-state index in [9.17, 15) is 9.59 Å². The topological polar surface area (TPSA) is 67.4 Å². The Balaban J connectivity index is 1.52. The van der Waals surface area contributed by atoms with E-state index in [1.54, 1.807) is 50.2 Å². The summed E-state index contributed by atoms with van der Waals surface area (Å²) in [6, 6.07) is 14.4. The molecule has 1 aliphatic carbocycles. The molecule has 1 aliphatic rings. The fraction of sp³-hybridized carbons (Fsp3) is 0.333. The van der Waals surface area contributed by atoms with Gasteiger partial charge in [0.1, 0.15) is 5.75 Å². The van der Waals surface area contributed by atoms with Crippen LogP contribution in [0.3, 0.4) is 0 Å². The number of nitrogens with one attached hydrogen (secondary N) is 2. The standard InChI is InChI=1S/C21H23ClN2O3/c1-21(2,27-18-11-7-16(22)8-12-18)20(26)23-13-14-3-5-15(6-4-14)19(25)24-17-9-10-17/h3-8,11-12,17H,9-10,13H2,1-2H3,(H,23,26)(H,24,25). The molecule has 0 aliphatic heterocycles. The maximum atomic E-state index is 12.5. The Kier molecular flexibility index (Phi) is 5.71. The average molecular weight is 387 g/mol. The van der Waals surface area contributed by atoms with Gasteiger partial charge in [0.05, 0.1) is 0 Å². The molecule has 0 aromatic heterocycles. The molecule has 2 amide bonds. The molecule has 1 saturated carbocycles. The number of ether oxygens (including phenoxy) is 1. The second kappa shape index (κ2) is 8.01. The van der Waals surface area contributed by atoms with E-state index in [0.717, 1.165) is 18.4 Å². The van der Waals surface area contributed by atoms with Gasteiger partial charge in [-0.05, 0) is 68.7 Å². The summed E-state index contributed by atoms with van der Waals surface area (Å²) in [6.45, 7) is 3.78. The van der Waals surface area contributed by atoms with E-state index in [-0.39, 0.29) is 11.8 Å². The fourth-order valence-electron chi connectivity index (χ4n) is 2.51. The van der Waals surface area contributed by atoms with Gasteiger partial charge < -0.3 is 15.4 Å². The molecule has 0 radical (unpaired) electrons. The number of hydrogen-bond donors (Lipinski definition) is 2. The van der Waals surface area contributed by atoms with Gasteiger partial charge in [-0.15, -0.1) is 0 Å². The van der Waals surface area contributed by atoms with Crippen LogP contribution in [0, 0.1) is 0 Å². The van der Waals surface area contributed by atoms with Crippen molar-refractivity contribution in [2.24, 2.45) is 0 Å². The van der Waals surface area contributed by atoms with Crippen LogP contribution >= 0.6 is 11.6 Å². The average Bonchev–Trinajstić information content (AvgIpc) is 3.45. The predicted molar refractivity (Wildman–Crippen MR) is 105 cm³/mol. The van der Waals surface area contributed by atoms with Crippen molar-refractivity contribution in [3.05, 3.63) is 64.7 Å². The lowest BCUT2D eigenvalue weighted by Crippen LogP contribution is -2.46. The second-order valence-electron chi connectivity index (χ2n) is 7.19. The summed E-state index contributed by atoms with van der Waals surface area (Å²) < 4.78 is 5.78. The summed E-state index contributed by atoms with van der Waals surface area (Å²) in [7, 11) is 0. The molecule has 3 rings (SSSR count). The van der Waals surface area contributed by atoms with Crippen molar-refractivity contribution in [2.45, 2.75) is 44.9 Å². The number of carbonyl (C=O) groups excluding carboxylic acids is 2. The zero-order valence-corrected chi connectivity index (χ0v) is 16.2. The minimum atomic E-state index is -1.03. The molecule has 0 spiro atoms. The molecule has 0 unspecified atom stereocenters. The van der Waals surface area contributed by atoms with E-state index in [1.807, 2.05) is 12.1 Å². The molecule has 27 heavy (non-hydrogen) atoms. The maximum absolute atomic E-state index is 12.5. The number of rotatable bonds is 7. The molecule has 1 fully saturated rings. The molecule has 2 N–H and O–H groups in total. The van der Waals surface area contributed by atoms with E-state index in [4.69, 9.17) is 16.3 Å². The first-order valence-corrected chi connectivity index (χ1v) is 9.34. The van der Waals surface area contributed by atoms with E-state index < -0.39 is 5.60 Å². The van der Waals surface area contributed by atoms with Crippen LogP contribution in [0.4, 0.5) is 0 Å². The molecule has 6 heteroatoms. The van der Waals surface area contributed by atoms with Crippen LogP contribution in [-0.2, 0) is 11.3 Å². The number of amides is 2. The van der Waals surface area contributed by atoms with Crippen molar-refractivity contribution in [2.75, 3.05) is 0 Å². The summed E-state index contributed by atoms with van der Waals surface area (Å²) in [5.41, 5.74) is 0.509. The second-order valence-corrected chi connectivity index (χ2v) is 7.63. The van der Waals surface area contributed by atoms with Crippen molar-refractivity contribution >= 4 is 23.4 Å². The lowest BCUT2D eigenvalue weighted by Gasteiger charge is -2.25. The van der Waals surface area contributed by atoms with Crippen molar-refractivity contribution in [1.29, 1.82) is 0 Å². The molecule has 5 nitrogen and oxygen atoms in total. The molecular weight excluding hydrogens is 364 g/mol. The Labute approximate surface area is 164 Å². The Hall–Kier alpha value is -2.53. The Morgan fingerprint density at radius 1 is 1.07 bits per heavy atom. The number of carbonyl (C=O) groups is 2. The van der Waals surface area contributed by atoms with Crippen LogP contribution in [0.15, 0.2) is 48.5 Å². The smallest absolute Gasteiger partial charge is 0.263 e. The summed E-state index contributed by atoms with van der Waals surface area (Å²) in [4.78, 5) is 24.5. The van der Waals surface area contributed by atoms with E-state index in [0.29, 0.717) is 28.9 Å². The van der Waals surface area contributed by atoms with Gasteiger partial charge in [0, 0.05) is 23.2 Å². The highest BCUT2D eigenvalue weighted by Gasteiger charge is 2.29. The van der Waals surface area contributed by atoms with Crippen LogP contribution < -0.4 is 15.4 Å². The maximum Gasteiger partial charge on any atom is 0.263 e. The van der Waals surface area contributed by atoms with E-state index in [2.05, 4.69) is 10.6 Å². The Morgan fingerprint density at radius 3 is 2.30 bits per heavy atom. The first-order chi connectivity index (χ1) is 12.8. The molecule has 2 aromatic carbocycles. The van der Waals surface area contributed by atoms with Crippen molar-refractivity contribution in [1.82, 2.24) is 10.6 Å². The molecule has 0 heterocycles. The number of halogens is 1. The zero-order valence-electron chi connectivity index (χ0n) is 15.4. The third-order valence-corrected chi connectivity index (χ3v) is 4.57. The highest BCUT2D eigenvalue weighted by atomic mass is 35.5.